The standard InChI is InChI=1S/C15H26O/c1-7-12(4)15(9-3)11-10-14(6)16-13(5)8-2/h9-13H,3,7-8H2,1-2,4-6H3/b14-10+,15-11+. The molecule has 0 amide bonds. The van der Waals surface area contributed by atoms with Crippen molar-refractivity contribution in [3.05, 3.63) is 36.1 Å². The monoisotopic (exact) mass is 222 g/mol. The van der Waals surface area contributed by atoms with Crippen molar-refractivity contribution in [3.8, 4) is 0 Å². The molecular weight excluding hydrogens is 196 g/mol. The molecule has 0 N–H and O–H groups in total. The van der Waals surface area contributed by atoms with Crippen LogP contribution in [0.3, 0.4) is 0 Å². The maximum atomic E-state index is 5.69. The van der Waals surface area contributed by atoms with Gasteiger partial charge >= 0.3 is 0 Å². The van der Waals surface area contributed by atoms with E-state index < -0.39 is 0 Å². The molecule has 0 saturated heterocycles. The zero-order valence-corrected chi connectivity index (χ0v) is 11.4. The van der Waals surface area contributed by atoms with Gasteiger partial charge in [0.15, 0.2) is 0 Å². The number of hydrogen-bond donors (Lipinski definition) is 0. The fraction of sp³-hybridized carbons (Fsp3) is 0.600. The summed E-state index contributed by atoms with van der Waals surface area (Å²) in [7, 11) is 0. The maximum Gasteiger partial charge on any atom is 0.0951 e. The van der Waals surface area contributed by atoms with Gasteiger partial charge in [-0.15, -0.1) is 0 Å². The Labute approximate surface area is 101 Å². The molecule has 0 heterocycles. The van der Waals surface area contributed by atoms with Gasteiger partial charge in [0.1, 0.15) is 0 Å². The smallest absolute Gasteiger partial charge is 0.0951 e. The highest BCUT2D eigenvalue weighted by atomic mass is 16.5. The fourth-order valence-corrected chi connectivity index (χ4v) is 1.32. The van der Waals surface area contributed by atoms with Crippen molar-refractivity contribution in [1.29, 1.82) is 0 Å². The summed E-state index contributed by atoms with van der Waals surface area (Å²) in [4.78, 5) is 0. The largest absolute Gasteiger partial charge is 0.495 e. The van der Waals surface area contributed by atoms with Gasteiger partial charge in [0.05, 0.1) is 11.9 Å². The van der Waals surface area contributed by atoms with E-state index in [9.17, 15) is 0 Å². The van der Waals surface area contributed by atoms with Gasteiger partial charge in [-0.3, -0.25) is 0 Å². The molecule has 0 aromatic carbocycles. The summed E-state index contributed by atoms with van der Waals surface area (Å²) >= 11 is 0. The lowest BCUT2D eigenvalue weighted by Crippen LogP contribution is -2.04. The van der Waals surface area contributed by atoms with Crippen LogP contribution in [0.4, 0.5) is 0 Å². The second kappa shape index (κ2) is 8.20. The summed E-state index contributed by atoms with van der Waals surface area (Å²) in [5.74, 6) is 1.53. The van der Waals surface area contributed by atoms with E-state index in [2.05, 4.69) is 40.3 Å². The van der Waals surface area contributed by atoms with Crippen molar-refractivity contribution in [1.82, 2.24) is 0 Å². The summed E-state index contributed by atoms with van der Waals surface area (Å²) in [5.41, 5.74) is 1.27. The highest BCUT2D eigenvalue weighted by Crippen LogP contribution is 2.16. The van der Waals surface area contributed by atoms with Crippen LogP contribution in [-0.2, 0) is 4.74 Å². The molecule has 2 unspecified atom stereocenters. The van der Waals surface area contributed by atoms with Gasteiger partial charge in [0.2, 0.25) is 0 Å². The van der Waals surface area contributed by atoms with Gasteiger partial charge < -0.3 is 4.74 Å². The first-order chi connectivity index (χ1) is 7.54. The van der Waals surface area contributed by atoms with Crippen molar-refractivity contribution >= 4 is 0 Å². The lowest BCUT2D eigenvalue weighted by molar-refractivity contribution is 0.130. The third kappa shape index (κ3) is 5.79. The van der Waals surface area contributed by atoms with Crippen LogP contribution in [0, 0.1) is 5.92 Å². The predicted octanol–water partition coefficient (Wildman–Crippen LogP) is 4.86. The molecule has 92 valence electrons. The first-order valence-corrected chi connectivity index (χ1v) is 6.22. The Morgan fingerprint density at radius 1 is 1.19 bits per heavy atom. The molecule has 1 heteroatoms. The van der Waals surface area contributed by atoms with Gasteiger partial charge in [-0.25, -0.2) is 0 Å². The molecule has 0 aromatic heterocycles. The van der Waals surface area contributed by atoms with Gasteiger partial charge in [0, 0.05) is 0 Å². The maximum absolute atomic E-state index is 5.69. The number of rotatable bonds is 7. The Balaban J connectivity index is 4.50. The lowest BCUT2D eigenvalue weighted by Gasteiger charge is -2.13. The van der Waals surface area contributed by atoms with Crippen molar-refractivity contribution in [2.24, 2.45) is 5.92 Å². The number of hydrogen-bond acceptors (Lipinski definition) is 1. The highest BCUT2D eigenvalue weighted by Gasteiger charge is 2.02. The molecule has 2 atom stereocenters. The molecule has 0 rings (SSSR count). The summed E-state index contributed by atoms with van der Waals surface area (Å²) in [6, 6.07) is 0. The van der Waals surface area contributed by atoms with E-state index in [0.717, 1.165) is 18.6 Å². The van der Waals surface area contributed by atoms with E-state index in [1.807, 2.05) is 19.1 Å². The quantitative estimate of drug-likeness (QED) is 0.441. The molecule has 1 nitrogen and oxygen atoms in total. The van der Waals surface area contributed by atoms with E-state index in [1.165, 1.54) is 5.57 Å². The van der Waals surface area contributed by atoms with Gasteiger partial charge in [-0.2, -0.15) is 0 Å². The summed E-state index contributed by atoms with van der Waals surface area (Å²) in [5, 5.41) is 0. The SMILES string of the molecule is C=C/C(=C\C=C(/C)OC(C)CC)C(C)CC. The van der Waals surface area contributed by atoms with Crippen molar-refractivity contribution in [2.75, 3.05) is 0 Å². The normalized spacial score (nSPS) is 16.8. The van der Waals surface area contributed by atoms with E-state index >= 15 is 0 Å². The third-order valence-corrected chi connectivity index (χ3v) is 2.89. The van der Waals surface area contributed by atoms with Crippen LogP contribution in [0.25, 0.3) is 0 Å². The van der Waals surface area contributed by atoms with Crippen molar-refractivity contribution < 1.29 is 4.74 Å². The number of ether oxygens (including phenoxy) is 1. The Morgan fingerprint density at radius 2 is 1.81 bits per heavy atom. The van der Waals surface area contributed by atoms with E-state index in [-0.39, 0.29) is 0 Å². The molecule has 0 bridgehead atoms. The molecule has 16 heavy (non-hydrogen) atoms. The second-order valence-corrected chi connectivity index (χ2v) is 4.29. The lowest BCUT2D eigenvalue weighted by atomic mass is 9.98. The number of allylic oxidation sites excluding steroid dienone is 5. The van der Waals surface area contributed by atoms with Crippen LogP contribution >= 0.6 is 0 Å². The molecule has 0 fully saturated rings. The average Bonchev–Trinajstić information content (AvgIpc) is 2.29. The molecular formula is C15H26O. The van der Waals surface area contributed by atoms with E-state index in [4.69, 9.17) is 4.74 Å². The third-order valence-electron chi connectivity index (χ3n) is 2.89. The summed E-state index contributed by atoms with van der Waals surface area (Å²) in [6.45, 7) is 14.5. The minimum absolute atomic E-state index is 0.292. The van der Waals surface area contributed by atoms with Crippen LogP contribution in [0.1, 0.15) is 47.5 Å². The molecule has 0 aliphatic heterocycles. The zero-order chi connectivity index (χ0) is 12.6. The predicted molar refractivity (Wildman–Crippen MR) is 72.3 cm³/mol. The minimum atomic E-state index is 0.292. The van der Waals surface area contributed by atoms with E-state index in [0.29, 0.717) is 12.0 Å². The van der Waals surface area contributed by atoms with Crippen LogP contribution in [0.15, 0.2) is 36.1 Å². The second-order valence-electron chi connectivity index (χ2n) is 4.29. The van der Waals surface area contributed by atoms with E-state index in [1.54, 1.807) is 0 Å². The molecule has 0 aromatic rings. The molecule has 0 aliphatic rings. The minimum Gasteiger partial charge on any atom is -0.495 e. The first kappa shape index (κ1) is 15.0. The zero-order valence-electron chi connectivity index (χ0n) is 11.4. The summed E-state index contributed by atoms with van der Waals surface area (Å²) in [6.07, 6.45) is 8.54. The fourth-order valence-electron chi connectivity index (χ4n) is 1.32. The molecule has 0 radical (unpaired) electrons. The van der Waals surface area contributed by atoms with Crippen LogP contribution in [-0.4, -0.2) is 6.10 Å². The van der Waals surface area contributed by atoms with Crippen LogP contribution < -0.4 is 0 Å². The first-order valence-electron chi connectivity index (χ1n) is 6.22. The Bertz CT molecular complexity index is 261. The molecule has 0 saturated carbocycles. The van der Waals surface area contributed by atoms with Crippen molar-refractivity contribution in [3.63, 3.8) is 0 Å². The Kier molecular flexibility index (Phi) is 7.70. The average molecular weight is 222 g/mol. The van der Waals surface area contributed by atoms with Crippen LogP contribution in [0.5, 0.6) is 0 Å². The topological polar surface area (TPSA) is 9.23 Å². The Morgan fingerprint density at radius 3 is 2.25 bits per heavy atom. The molecule has 0 spiro atoms. The van der Waals surface area contributed by atoms with Gasteiger partial charge in [-0.05, 0) is 44.3 Å². The van der Waals surface area contributed by atoms with Gasteiger partial charge in [-0.1, -0.05) is 39.5 Å². The van der Waals surface area contributed by atoms with Crippen LogP contribution in [0.2, 0.25) is 0 Å². The molecule has 0 aliphatic carbocycles. The van der Waals surface area contributed by atoms with Crippen molar-refractivity contribution in [2.45, 2.75) is 53.6 Å². The summed E-state index contributed by atoms with van der Waals surface area (Å²) < 4.78 is 5.69. The Hall–Kier alpha value is -0.980. The van der Waals surface area contributed by atoms with Gasteiger partial charge in [0.25, 0.3) is 0 Å². The highest BCUT2D eigenvalue weighted by molar-refractivity contribution is 5.24.